The number of imidazole rings is 1. The van der Waals surface area contributed by atoms with E-state index in [4.69, 9.17) is 4.74 Å². The molecule has 112 valence electrons. The van der Waals surface area contributed by atoms with E-state index in [1.165, 1.54) is 0 Å². The van der Waals surface area contributed by atoms with Gasteiger partial charge < -0.3 is 9.30 Å². The SMILES string of the molecule is CCOC(=O)[C@@]1(C(C)C)CCN(Cc2nccn2C)C1. The van der Waals surface area contributed by atoms with Gasteiger partial charge in [-0.1, -0.05) is 13.8 Å². The van der Waals surface area contributed by atoms with Crippen LogP contribution >= 0.6 is 0 Å². The molecule has 0 N–H and O–H groups in total. The zero-order chi connectivity index (χ0) is 14.8. The van der Waals surface area contributed by atoms with Crippen LogP contribution < -0.4 is 0 Å². The maximum Gasteiger partial charge on any atom is 0.313 e. The summed E-state index contributed by atoms with van der Waals surface area (Å²) >= 11 is 0. The van der Waals surface area contributed by atoms with Crippen LogP contribution in [0.25, 0.3) is 0 Å². The van der Waals surface area contributed by atoms with Crippen molar-refractivity contribution in [1.82, 2.24) is 14.5 Å². The highest BCUT2D eigenvalue weighted by Crippen LogP contribution is 2.39. The first-order chi connectivity index (χ1) is 9.49. The minimum Gasteiger partial charge on any atom is -0.466 e. The highest BCUT2D eigenvalue weighted by atomic mass is 16.5. The van der Waals surface area contributed by atoms with Crippen LogP contribution in [0.4, 0.5) is 0 Å². The van der Waals surface area contributed by atoms with E-state index >= 15 is 0 Å². The predicted molar refractivity (Wildman–Crippen MR) is 77.0 cm³/mol. The Labute approximate surface area is 120 Å². The van der Waals surface area contributed by atoms with Crippen LogP contribution in [0, 0.1) is 11.3 Å². The number of hydrogen-bond donors (Lipinski definition) is 0. The van der Waals surface area contributed by atoms with Crippen molar-refractivity contribution in [3.8, 4) is 0 Å². The topological polar surface area (TPSA) is 47.4 Å². The summed E-state index contributed by atoms with van der Waals surface area (Å²) in [5.41, 5.74) is -0.360. The molecule has 1 aromatic heterocycles. The number of aryl methyl sites for hydroxylation is 1. The Morgan fingerprint density at radius 2 is 2.30 bits per heavy atom. The summed E-state index contributed by atoms with van der Waals surface area (Å²) in [6.45, 7) is 9.01. The van der Waals surface area contributed by atoms with Gasteiger partial charge in [-0.3, -0.25) is 9.69 Å². The molecule has 1 aliphatic heterocycles. The lowest BCUT2D eigenvalue weighted by atomic mass is 9.76. The van der Waals surface area contributed by atoms with Crippen molar-refractivity contribution in [2.24, 2.45) is 18.4 Å². The molecule has 1 aromatic rings. The third-order valence-electron chi connectivity index (χ3n) is 4.45. The van der Waals surface area contributed by atoms with E-state index < -0.39 is 0 Å². The quantitative estimate of drug-likeness (QED) is 0.772. The van der Waals surface area contributed by atoms with Gasteiger partial charge in [0.25, 0.3) is 0 Å². The van der Waals surface area contributed by atoms with Crippen LogP contribution in [-0.2, 0) is 23.1 Å². The van der Waals surface area contributed by atoms with Gasteiger partial charge in [0.15, 0.2) is 0 Å². The van der Waals surface area contributed by atoms with Crippen LogP contribution in [0.3, 0.4) is 0 Å². The number of hydrogen-bond acceptors (Lipinski definition) is 4. The van der Waals surface area contributed by atoms with E-state index in [2.05, 4.69) is 23.7 Å². The van der Waals surface area contributed by atoms with E-state index in [1.807, 2.05) is 30.9 Å². The minimum absolute atomic E-state index is 0.0441. The minimum atomic E-state index is -0.360. The van der Waals surface area contributed by atoms with Crippen LogP contribution in [0.15, 0.2) is 12.4 Å². The molecule has 0 radical (unpaired) electrons. The third-order valence-corrected chi connectivity index (χ3v) is 4.45. The Kier molecular flexibility index (Phi) is 4.48. The van der Waals surface area contributed by atoms with Crippen LogP contribution in [-0.4, -0.2) is 40.1 Å². The lowest BCUT2D eigenvalue weighted by molar-refractivity contribution is -0.157. The standard InChI is InChI=1S/C15H25N3O2/c1-5-20-14(19)15(12(2)3)6-8-18(11-15)10-13-16-7-9-17(13)4/h7,9,12H,5-6,8,10-11H2,1-4H3/t15-/m0/s1. The van der Waals surface area contributed by atoms with Crippen LogP contribution in [0.5, 0.6) is 0 Å². The zero-order valence-electron chi connectivity index (χ0n) is 12.9. The molecule has 2 heterocycles. The first kappa shape index (κ1) is 15.0. The second-order valence-corrected chi connectivity index (χ2v) is 5.95. The molecule has 0 amide bonds. The molecule has 0 unspecified atom stereocenters. The Morgan fingerprint density at radius 3 is 2.85 bits per heavy atom. The lowest BCUT2D eigenvalue weighted by Crippen LogP contribution is -2.40. The van der Waals surface area contributed by atoms with Crippen molar-refractivity contribution >= 4 is 5.97 Å². The highest BCUT2D eigenvalue weighted by molar-refractivity contribution is 5.78. The number of carbonyl (C=O) groups is 1. The molecule has 0 spiro atoms. The van der Waals surface area contributed by atoms with Gasteiger partial charge in [0.1, 0.15) is 5.82 Å². The second kappa shape index (κ2) is 5.95. The predicted octanol–water partition coefficient (Wildman–Crippen LogP) is 1.83. The monoisotopic (exact) mass is 279 g/mol. The van der Waals surface area contributed by atoms with Crippen molar-refractivity contribution < 1.29 is 9.53 Å². The van der Waals surface area contributed by atoms with Crippen molar-refractivity contribution in [2.75, 3.05) is 19.7 Å². The van der Waals surface area contributed by atoms with Gasteiger partial charge in [0, 0.05) is 26.0 Å². The average molecular weight is 279 g/mol. The summed E-state index contributed by atoms with van der Waals surface area (Å²) in [7, 11) is 2.00. The molecule has 0 aliphatic carbocycles. The molecule has 1 fully saturated rings. The largest absolute Gasteiger partial charge is 0.466 e. The summed E-state index contributed by atoms with van der Waals surface area (Å²) in [5.74, 6) is 1.28. The number of likely N-dealkylation sites (tertiary alicyclic amines) is 1. The number of aromatic nitrogens is 2. The highest BCUT2D eigenvalue weighted by Gasteiger charge is 2.48. The summed E-state index contributed by atoms with van der Waals surface area (Å²) < 4.78 is 7.34. The number of ether oxygens (including phenoxy) is 1. The molecule has 1 aliphatic rings. The summed E-state index contributed by atoms with van der Waals surface area (Å²) in [6.07, 6.45) is 4.63. The van der Waals surface area contributed by atoms with Crippen molar-refractivity contribution in [3.63, 3.8) is 0 Å². The molecular weight excluding hydrogens is 254 g/mol. The number of carbonyl (C=O) groups excluding carboxylic acids is 1. The molecule has 5 heteroatoms. The molecule has 1 atom stereocenters. The molecule has 0 saturated carbocycles. The van der Waals surface area contributed by atoms with E-state index in [0.717, 1.165) is 31.9 Å². The van der Waals surface area contributed by atoms with Gasteiger partial charge >= 0.3 is 5.97 Å². The van der Waals surface area contributed by atoms with E-state index in [-0.39, 0.29) is 17.3 Å². The Balaban J connectivity index is 2.08. The van der Waals surface area contributed by atoms with E-state index in [0.29, 0.717) is 6.61 Å². The second-order valence-electron chi connectivity index (χ2n) is 5.95. The third kappa shape index (κ3) is 2.73. The number of nitrogens with zero attached hydrogens (tertiary/aromatic N) is 3. The summed E-state index contributed by atoms with van der Waals surface area (Å²) in [6, 6.07) is 0. The molecule has 5 nitrogen and oxygen atoms in total. The van der Waals surface area contributed by atoms with Crippen LogP contribution in [0.1, 0.15) is 33.0 Å². The Morgan fingerprint density at radius 1 is 1.55 bits per heavy atom. The van der Waals surface area contributed by atoms with Crippen molar-refractivity contribution in [3.05, 3.63) is 18.2 Å². The van der Waals surface area contributed by atoms with E-state index in [9.17, 15) is 4.79 Å². The summed E-state index contributed by atoms with van der Waals surface area (Å²) in [4.78, 5) is 19.0. The first-order valence-electron chi connectivity index (χ1n) is 7.35. The molecule has 2 rings (SSSR count). The van der Waals surface area contributed by atoms with Gasteiger partial charge in [-0.25, -0.2) is 4.98 Å². The Bertz CT molecular complexity index is 469. The first-order valence-corrected chi connectivity index (χ1v) is 7.35. The number of esters is 1. The average Bonchev–Trinajstić information content (AvgIpc) is 2.99. The van der Waals surface area contributed by atoms with Gasteiger partial charge in [-0.15, -0.1) is 0 Å². The van der Waals surface area contributed by atoms with Crippen LogP contribution in [0.2, 0.25) is 0 Å². The van der Waals surface area contributed by atoms with Gasteiger partial charge in [0.2, 0.25) is 0 Å². The van der Waals surface area contributed by atoms with Crippen molar-refractivity contribution in [2.45, 2.75) is 33.7 Å². The lowest BCUT2D eigenvalue weighted by Gasteiger charge is -2.31. The molecular formula is C15H25N3O2. The smallest absolute Gasteiger partial charge is 0.313 e. The fourth-order valence-electron chi connectivity index (χ4n) is 2.95. The van der Waals surface area contributed by atoms with Crippen molar-refractivity contribution in [1.29, 1.82) is 0 Å². The maximum absolute atomic E-state index is 12.4. The van der Waals surface area contributed by atoms with E-state index in [1.54, 1.807) is 0 Å². The number of rotatable bonds is 5. The zero-order valence-corrected chi connectivity index (χ0v) is 12.9. The Hall–Kier alpha value is -1.36. The maximum atomic E-state index is 12.4. The summed E-state index contributed by atoms with van der Waals surface area (Å²) in [5, 5.41) is 0. The van der Waals surface area contributed by atoms with Gasteiger partial charge in [-0.05, 0) is 25.8 Å². The molecule has 1 saturated heterocycles. The molecule has 0 bridgehead atoms. The fourth-order valence-corrected chi connectivity index (χ4v) is 2.95. The fraction of sp³-hybridized carbons (Fsp3) is 0.733. The molecule has 0 aromatic carbocycles. The van der Waals surface area contributed by atoms with Gasteiger partial charge in [0.05, 0.1) is 18.6 Å². The molecule has 20 heavy (non-hydrogen) atoms. The normalized spacial score (nSPS) is 23.4. The van der Waals surface area contributed by atoms with Gasteiger partial charge in [-0.2, -0.15) is 0 Å².